The normalized spacial score (nSPS) is 19.5. The highest BCUT2D eigenvalue weighted by molar-refractivity contribution is 5.95. The van der Waals surface area contributed by atoms with Gasteiger partial charge in [-0.2, -0.15) is 5.10 Å². The molecule has 2 aromatic carbocycles. The van der Waals surface area contributed by atoms with Crippen LogP contribution in [0.1, 0.15) is 78.7 Å². The second kappa shape index (κ2) is 13.8. The molecule has 242 valence electrons. The largest absolute Gasteiger partial charge is 0.493 e. The molecule has 6 rings (SSSR count). The number of nitrogens with one attached hydrogen (secondary N) is 3. The first-order valence-corrected chi connectivity index (χ1v) is 16.4. The minimum Gasteiger partial charge on any atom is -0.493 e. The lowest BCUT2D eigenvalue weighted by Crippen LogP contribution is -2.49. The molecule has 11 nitrogen and oxygen atoms in total. The van der Waals surface area contributed by atoms with Gasteiger partial charge < -0.3 is 25.3 Å². The van der Waals surface area contributed by atoms with E-state index in [-0.39, 0.29) is 30.1 Å². The molecule has 4 aromatic rings. The zero-order chi connectivity index (χ0) is 32.2. The van der Waals surface area contributed by atoms with Crippen LogP contribution >= 0.6 is 0 Å². The Balaban J connectivity index is 1.30. The number of ether oxygens (including phenoxy) is 1. The van der Waals surface area contributed by atoms with Crippen LogP contribution < -0.4 is 15.4 Å². The van der Waals surface area contributed by atoms with Crippen LogP contribution in [0.25, 0.3) is 10.9 Å². The third kappa shape index (κ3) is 7.08. The Labute approximate surface area is 269 Å². The van der Waals surface area contributed by atoms with E-state index < -0.39 is 12.1 Å². The van der Waals surface area contributed by atoms with E-state index in [4.69, 9.17) is 9.72 Å². The van der Waals surface area contributed by atoms with Crippen molar-refractivity contribution in [2.24, 2.45) is 5.92 Å². The standard InChI is InChI=1S/C35H43N7O4/c1-22(2)18-29-33-37-23(3)40-42(33)16-15-41(35(45)25-12-13-31-24(19-25)8-7-17-46-31)14-6-11-32(43)38-30(34(44)39-29)20-26-21-36-28-10-5-4-9-27(26)28/h4-5,9-10,12-13,19,21-22,29-30,36H,6-8,11,14-18,20H2,1-3H3,(H,38,43)(H,39,44)/t29-,30+/m0/s1. The number of benzene rings is 2. The number of nitrogens with zero attached hydrogens (tertiary/aromatic N) is 4. The van der Waals surface area contributed by atoms with Crippen LogP contribution in [0.15, 0.2) is 48.7 Å². The topological polar surface area (TPSA) is 134 Å². The molecule has 46 heavy (non-hydrogen) atoms. The molecule has 11 heteroatoms. The molecular weight excluding hydrogens is 582 g/mol. The quantitative estimate of drug-likeness (QED) is 0.304. The van der Waals surface area contributed by atoms with Crippen molar-refractivity contribution in [3.8, 4) is 5.75 Å². The van der Waals surface area contributed by atoms with Gasteiger partial charge in [-0.1, -0.05) is 32.0 Å². The Bertz CT molecular complexity index is 1720. The Hall–Kier alpha value is -4.67. The van der Waals surface area contributed by atoms with E-state index in [1.165, 1.54) is 0 Å². The third-order valence-corrected chi connectivity index (χ3v) is 8.75. The molecule has 4 heterocycles. The summed E-state index contributed by atoms with van der Waals surface area (Å²) in [6.45, 7) is 7.90. The van der Waals surface area contributed by atoms with E-state index in [0.717, 1.165) is 40.6 Å². The van der Waals surface area contributed by atoms with Crippen molar-refractivity contribution in [3.05, 3.63) is 77.0 Å². The molecule has 0 saturated heterocycles. The summed E-state index contributed by atoms with van der Waals surface area (Å²) in [5, 5.41) is 11.9. The van der Waals surface area contributed by atoms with Gasteiger partial charge in [-0.05, 0) is 73.9 Å². The smallest absolute Gasteiger partial charge is 0.253 e. The van der Waals surface area contributed by atoms with Crippen molar-refractivity contribution in [1.29, 1.82) is 0 Å². The number of aromatic amines is 1. The predicted octanol–water partition coefficient (Wildman–Crippen LogP) is 4.26. The zero-order valence-corrected chi connectivity index (χ0v) is 26.8. The fourth-order valence-electron chi connectivity index (χ4n) is 6.50. The number of rotatable bonds is 5. The van der Waals surface area contributed by atoms with Crippen LogP contribution in [-0.4, -0.2) is 68.1 Å². The number of H-pyrrole nitrogens is 1. The van der Waals surface area contributed by atoms with Crippen molar-refractivity contribution < 1.29 is 19.1 Å². The Morgan fingerprint density at radius 2 is 1.87 bits per heavy atom. The summed E-state index contributed by atoms with van der Waals surface area (Å²) in [5.41, 5.74) is 3.57. The second-order valence-electron chi connectivity index (χ2n) is 12.8. The lowest BCUT2D eigenvalue weighted by atomic mass is 10.0. The molecule has 0 saturated carbocycles. The van der Waals surface area contributed by atoms with Gasteiger partial charge in [0.05, 0.1) is 19.2 Å². The molecule has 0 radical (unpaired) electrons. The first-order chi connectivity index (χ1) is 22.2. The van der Waals surface area contributed by atoms with Crippen LogP contribution in [0.3, 0.4) is 0 Å². The average molecular weight is 626 g/mol. The van der Waals surface area contributed by atoms with Gasteiger partial charge >= 0.3 is 0 Å². The first kappa shape index (κ1) is 31.3. The van der Waals surface area contributed by atoms with E-state index in [2.05, 4.69) is 34.6 Å². The summed E-state index contributed by atoms with van der Waals surface area (Å²) in [7, 11) is 0. The van der Waals surface area contributed by atoms with Crippen LogP contribution in [0, 0.1) is 12.8 Å². The van der Waals surface area contributed by atoms with Gasteiger partial charge in [0, 0.05) is 48.6 Å². The number of aromatic nitrogens is 4. The number of fused-ring (bicyclic) bond motifs is 3. The van der Waals surface area contributed by atoms with Crippen molar-refractivity contribution in [2.45, 2.75) is 77.9 Å². The fourth-order valence-corrected chi connectivity index (χ4v) is 6.50. The molecule has 3 amide bonds. The van der Waals surface area contributed by atoms with Crippen LogP contribution in [-0.2, 0) is 29.0 Å². The highest BCUT2D eigenvalue weighted by Gasteiger charge is 2.29. The molecule has 0 bridgehead atoms. The Morgan fingerprint density at radius 3 is 2.72 bits per heavy atom. The SMILES string of the molecule is Cc1nc2n(n1)CCN(C(=O)c1ccc3c(c1)CCCO3)CCCC(=O)N[C@H](Cc1c[nH]c3ccccc13)C(=O)N[C@H]2CC(C)C. The lowest BCUT2D eigenvalue weighted by molar-refractivity contribution is -0.129. The van der Waals surface area contributed by atoms with Crippen molar-refractivity contribution in [2.75, 3.05) is 19.7 Å². The van der Waals surface area contributed by atoms with Crippen molar-refractivity contribution in [3.63, 3.8) is 0 Å². The molecule has 2 atom stereocenters. The van der Waals surface area contributed by atoms with Gasteiger partial charge in [0.25, 0.3) is 5.91 Å². The summed E-state index contributed by atoms with van der Waals surface area (Å²) in [6, 6.07) is 12.3. The summed E-state index contributed by atoms with van der Waals surface area (Å²) >= 11 is 0. The molecule has 0 aliphatic carbocycles. The van der Waals surface area contributed by atoms with Gasteiger partial charge in [-0.15, -0.1) is 0 Å². The maximum Gasteiger partial charge on any atom is 0.253 e. The first-order valence-electron chi connectivity index (χ1n) is 16.4. The maximum absolute atomic E-state index is 13.9. The van der Waals surface area contributed by atoms with Crippen molar-refractivity contribution >= 4 is 28.6 Å². The fraction of sp³-hybridized carbons (Fsp3) is 0.457. The van der Waals surface area contributed by atoms with E-state index in [0.29, 0.717) is 62.7 Å². The number of amides is 3. The molecule has 0 fully saturated rings. The Morgan fingerprint density at radius 1 is 1.02 bits per heavy atom. The molecule has 2 aliphatic rings. The van der Waals surface area contributed by atoms with Gasteiger partial charge in [-0.3, -0.25) is 14.4 Å². The summed E-state index contributed by atoms with van der Waals surface area (Å²) < 4.78 is 7.58. The molecule has 2 aromatic heterocycles. The number of hydrogen-bond acceptors (Lipinski definition) is 6. The average Bonchev–Trinajstić information content (AvgIpc) is 3.63. The minimum absolute atomic E-state index is 0.0940. The molecular formula is C35H43N7O4. The maximum atomic E-state index is 13.9. The van der Waals surface area contributed by atoms with Gasteiger partial charge in [-0.25, -0.2) is 9.67 Å². The van der Waals surface area contributed by atoms with E-state index in [1.807, 2.05) is 60.3 Å². The van der Waals surface area contributed by atoms with Gasteiger partial charge in [0.2, 0.25) is 11.8 Å². The minimum atomic E-state index is -0.794. The van der Waals surface area contributed by atoms with Crippen LogP contribution in [0.4, 0.5) is 0 Å². The number of para-hydroxylation sites is 1. The van der Waals surface area contributed by atoms with E-state index in [9.17, 15) is 14.4 Å². The van der Waals surface area contributed by atoms with Crippen molar-refractivity contribution in [1.82, 2.24) is 35.3 Å². The summed E-state index contributed by atoms with van der Waals surface area (Å²) in [4.78, 5) is 51.0. The van der Waals surface area contributed by atoms with E-state index >= 15 is 0 Å². The zero-order valence-electron chi connectivity index (χ0n) is 26.8. The Kier molecular flexibility index (Phi) is 9.37. The molecule has 2 aliphatic heterocycles. The highest BCUT2D eigenvalue weighted by Crippen LogP contribution is 2.27. The van der Waals surface area contributed by atoms with Gasteiger partial charge in [0.15, 0.2) is 0 Å². The third-order valence-electron chi connectivity index (χ3n) is 8.75. The van der Waals surface area contributed by atoms with E-state index in [1.54, 1.807) is 4.90 Å². The number of aryl methyl sites for hydroxylation is 2. The number of carbonyl (C=O) groups is 3. The summed E-state index contributed by atoms with van der Waals surface area (Å²) in [5.74, 6) is 1.75. The number of carbonyl (C=O) groups excluding carboxylic acids is 3. The van der Waals surface area contributed by atoms with Crippen LogP contribution in [0.5, 0.6) is 5.75 Å². The monoisotopic (exact) mass is 625 g/mol. The molecule has 3 N–H and O–H groups in total. The lowest BCUT2D eigenvalue weighted by Gasteiger charge is -2.27. The second-order valence-corrected chi connectivity index (χ2v) is 12.8. The number of hydrogen-bond donors (Lipinski definition) is 3. The molecule has 0 unspecified atom stereocenters. The highest BCUT2D eigenvalue weighted by atomic mass is 16.5. The summed E-state index contributed by atoms with van der Waals surface area (Å²) in [6.07, 6.45) is 5.30. The molecule has 0 spiro atoms. The predicted molar refractivity (Wildman–Crippen MR) is 174 cm³/mol. The van der Waals surface area contributed by atoms with Gasteiger partial charge in [0.1, 0.15) is 23.4 Å². The van der Waals surface area contributed by atoms with Crippen LogP contribution in [0.2, 0.25) is 0 Å².